The first-order chi connectivity index (χ1) is 8.01. The molecule has 1 rings (SSSR count). The predicted molar refractivity (Wildman–Crippen MR) is 70.6 cm³/mol. The van der Waals surface area contributed by atoms with Gasteiger partial charge in [-0.25, -0.2) is 0 Å². The Morgan fingerprint density at radius 2 is 1.65 bits per heavy atom. The molecule has 1 fully saturated rings. The summed E-state index contributed by atoms with van der Waals surface area (Å²) in [5.74, 6) is 1.65. The highest BCUT2D eigenvalue weighted by atomic mass is 32.2. The molecule has 0 radical (unpaired) electrons. The molecule has 0 aromatic carbocycles. The van der Waals surface area contributed by atoms with Crippen LogP contribution in [-0.4, -0.2) is 18.7 Å². The lowest BCUT2D eigenvalue weighted by atomic mass is 9.96. The normalized spacial score (nSPS) is 25.3. The van der Waals surface area contributed by atoms with Crippen LogP contribution in [0.2, 0.25) is 0 Å². The van der Waals surface area contributed by atoms with E-state index < -0.39 is 10.1 Å². The van der Waals surface area contributed by atoms with Gasteiger partial charge < -0.3 is 0 Å². The fraction of sp³-hybridized carbons (Fsp3) is 1.00. The summed E-state index contributed by atoms with van der Waals surface area (Å²) in [6, 6.07) is 0. The Morgan fingerprint density at radius 3 is 2.18 bits per heavy atom. The van der Waals surface area contributed by atoms with Crippen LogP contribution in [0.5, 0.6) is 0 Å². The maximum Gasteiger partial charge on any atom is 0.264 e. The Kier molecular flexibility index (Phi) is 6.49. The molecule has 0 saturated heterocycles. The van der Waals surface area contributed by atoms with Crippen molar-refractivity contribution in [3.05, 3.63) is 0 Å². The predicted octanol–water partition coefficient (Wildman–Crippen LogP) is 3.65. The summed E-state index contributed by atoms with van der Waals surface area (Å²) in [6.45, 7) is 2.24. The van der Waals surface area contributed by atoms with Crippen LogP contribution in [-0.2, 0) is 10.1 Å². The van der Waals surface area contributed by atoms with Gasteiger partial charge in [0, 0.05) is 0 Å². The third-order valence-corrected chi connectivity index (χ3v) is 4.69. The second-order valence-corrected chi connectivity index (χ2v) is 7.04. The third kappa shape index (κ3) is 7.04. The molecule has 4 heteroatoms. The number of hydrogen-bond acceptors (Lipinski definition) is 2. The molecule has 0 spiro atoms. The largest absolute Gasteiger partial charge is 0.286 e. The monoisotopic (exact) mass is 262 g/mol. The van der Waals surface area contributed by atoms with Crippen LogP contribution in [0.25, 0.3) is 0 Å². The van der Waals surface area contributed by atoms with Crippen LogP contribution in [0, 0.1) is 11.8 Å². The van der Waals surface area contributed by atoms with Gasteiger partial charge >= 0.3 is 0 Å². The average molecular weight is 262 g/mol. The summed E-state index contributed by atoms with van der Waals surface area (Å²) >= 11 is 0. The highest BCUT2D eigenvalue weighted by Crippen LogP contribution is 2.36. The molecule has 0 amide bonds. The molecule has 1 aliphatic carbocycles. The van der Waals surface area contributed by atoms with E-state index in [-0.39, 0.29) is 5.75 Å². The van der Waals surface area contributed by atoms with Gasteiger partial charge in [-0.1, -0.05) is 51.9 Å². The zero-order valence-electron chi connectivity index (χ0n) is 10.9. The first kappa shape index (κ1) is 15.0. The summed E-state index contributed by atoms with van der Waals surface area (Å²) in [7, 11) is -3.74. The second-order valence-electron chi connectivity index (χ2n) is 5.47. The van der Waals surface area contributed by atoms with Gasteiger partial charge in [0.05, 0.1) is 5.75 Å². The van der Waals surface area contributed by atoms with Gasteiger partial charge in [-0.2, -0.15) is 8.42 Å². The van der Waals surface area contributed by atoms with E-state index in [0.717, 1.165) is 24.7 Å². The molecule has 1 N–H and O–H groups in total. The van der Waals surface area contributed by atoms with Crippen molar-refractivity contribution < 1.29 is 13.0 Å². The summed E-state index contributed by atoms with van der Waals surface area (Å²) in [4.78, 5) is 0. The second kappa shape index (κ2) is 7.37. The van der Waals surface area contributed by atoms with Crippen molar-refractivity contribution in [2.45, 2.75) is 64.7 Å². The molecule has 102 valence electrons. The van der Waals surface area contributed by atoms with E-state index in [1.807, 2.05) is 0 Å². The maximum absolute atomic E-state index is 10.6. The summed E-state index contributed by atoms with van der Waals surface area (Å²) < 4.78 is 29.7. The highest BCUT2D eigenvalue weighted by molar-refractivity contribution is 7.85. The molecule has 0 aromatic heterocycles. The molecule has 0 aliphatic heterocycles. The lowest BCUT2D eigenvalue weighted by Crippen LogP contribution is -2.04. The quantitative estimate of drug-likeness (QED) is 0.536. The molecule has 0 bridgehead atoms. The SMILES string of the molecule is CCCCC1CCC(CCCCS(=O)(=O)O)C1. The lowest BCUT2D eigenvalue weighted by Gasteiger charge is -2.10. The Labute approximate surface area is 106 Å². The molecule has 1 saturated carbocycles. The minimum Gasteiger partial charge on any atom is -0.286 e. The number of hydrogen-bond donors (Lipinski definition) is 1. The molecule has 3 nitrogen and oxygen atoms in total. The van der Waals surface area contributed by atoms with E-state index in [1.165, 1.54) is 38.5 Å². The van der Waals surface area contributed by atoms with E-state index in [1.54, 1.807) is 0 Å². The van der Waals surface area contributed by atoms with E-state index in [9.17, 15) is 8.42 Å². The standard InChI is InChI=1S/C13H26O3S/c1-2-3-6-12-8-9-13(11-12)7-4-5-10-17(14,15)16/h12-13H,2-11H2,1H3,(H,14,15,16). The molecule has 2 atom stereocenters. The third-order valence-electron chi connectivity index (χ3n) is 3.88. The van der Waals surface area contributed by atoms with Gasteiger partial charge in [-0.15, -0.1) is 0 Å². The summed E-state index contributed by atoms with van der Waals surface area (Å²) in [5.41, 5.74) is 0. The fourth-order valence-corrected chi connectivity index (χ4v) is 3.48. The first-order valence-electron chi connectivity index (χ1n) is 6.96. The minimum atomic E-state index is -3.74. The average Bonchev–Trinajstić information content (AvgIpc) is 2.68. The van der Waals surface area contributed by atoms with Crippen molar-refractivity contribution in [1.82, 2.24) is 0 Å². The molecular weight excluding hydrogens is 236 g/mol. The van der Waals surface area contributed by atoms with Crippen LogP contribution in [0.1, 0.15) is 64.7 Å². The Hall–Kier alpha value is -0.0900. The zero-order valence-corrected chi connectivity index (χ0v) is 11.7. The molecule has 1 aliphatic rings. The van der Waals surface area contributed by atoms with Gasteiger partial charge in [-0.05, 0) is 24.7 Å². The zero-order chi connectivity index (χ0) is 12.7. The van der Waals surface area contributed by atoms with E-state index >= 15 is 0 Å². The van der Waals surface area contributed by atoms with Crippen molar-refractivity contribution in [3.63, 3.8) is 0 Å². The Balaban J connectivity index is 2.06. The topological polar surface area (TPSA) is 54.4 Å². The summed E-state index contributed by atoms with van der Waals surface area (Å²) in [5, 5.41) is 0. The van der Waals surface area contributed by atoms with Crippen LogP contribution in [0.15, 0.2) is 0 Å². The molecule has 0 aromatic rings. The van der Waals surface area contributed by atoms with Gasteiger partial charge in [-0.3, -0.25) is 4.55 Å². The first-order valence-corrected chi connectivity index (χ1v) is 8.57. The Bertz CT molecular complexity index is 298. The molecule has 0 heterocycles. The van der Waals surface area contributed by atoms with Crippen molar-refractivity contribution in [3.8, 4) is 0 Å². The number of rotatable bonds is 8. The van der Waals surface area contributed by atoms with E-state index in [4.69, 9.17) is 4.55 Å². The van der Waals surface area contributed by atoms with Crippen molar-refractivity contribution in [2.75, 3.05) is 5.75 Å². The van der Waals surface area contributed by atoms with Gasteiger partial charge in [0.25, 0.3) is 10.1 Å². The van der Waals surface area contributed by atoms with Crippen LogP contribution in [0.3, 0.4) is 0 Å². The summed E-state index contributed by atoms with van der Waals surface area (Å²) in [6.07, 6.45) is 10.7. The smallest absolute Gasteiger partial charge is 0.264 e. The lowest BCUT2D eigenvalue weighted by molar-refractivity contribution is 0.424. The van der Waals surface area contributed by atoms with Gasteiger partial charge in [0.15, 0.2) is 0 Å². The molecule has 17 heavy (non-hydrogen) atoms. The van der Waals surface area contributed by atoms with Crippen LogP contribution < -0.4 is 0 Å². The minimum absolute atomic E-state index is 0.0705. The van der Waals surface area contributed by atoms with E-state index in [2.05, 4.69) is 6.92 Å². The van der Waals surface area contributed by atoms with Gasteiger partial charge in [0.2, 0.25) is 0 Å². The van der Waals surface area contributed by atoms with Gasteiger partial charge in [0.1, 0.15) is 0 Å². The maximum atomic E-state index is 10.6. The van der Waals surface area contributed by atoms with E-state index in [0.29, 0.717) is 6.42 Å². The number of unbranched alkanes of at least 4 members (excludes halogenated alkanes) is 2. The molecular formula is C13H26O3S. The van der Waals surface area contributed by atoms with Crippen molar-refractivity contribution >= 4 is 10.1 Å². The Morgan fingerprint density at radius 1 is 1.06 bits per heavy atom. The van der Waals surface area contributed by atoms with Crippen molar-refractivity contribution in [2.24, 2.45) is 11.8 Å². The van der Waals surface area contributed by atoms with Crippen molar-refractivity contribution in [1.29, 1.82) is 0 Å². The van der Waals surface area contributed by atoms with Crippen LogP contribution >= 0.6 is 0 Å². The molecule has 2 unspecified atom stereocenters. The van der Waals surface area contributed by atoms with Crippen LogP contribution in [0.4, 0.5) is 0 Å². The fourth-order valence-electron chi connectivity index (χ4n) is 2.91. The highest BCUT2D eigenvalue weighted by Gasteiger charge is 2.23.